The van der Waals surface area contributed by atoms with Crippen LogP contribution in [0.3, 0.4) is 0 Å². The van der Waals surface area contributed by atoms with Gasteiger partial charge < -0.3 is 15.8 Å². The quantitative estimate of drug-likeness (QED) is 0.139. The number of nitrogens with zero attached hydrogens (tertiary/aromatic N) is 3. The fraction of sp³-hybridized carbons (Fsp3) is 0.250. The van der Waals surface area contributed by atoms with Crippen LogP contribution in [0.15, 0.2) is 32.5 Å². The van der Waals surface area contributed by atoms with Crippen LogP contribution in [0.5, 0.6) is 0 Å². The molecule has 0 saturated carbocycles. The van der Waals surface area contributed by atoms with Gasteiger partial charge in [-0.15, -0.1) is 0 Å². The van der Waals surface area contributed by atoms with Crippen LogP contribution < -0.4 is 15.4 Å². The molecule has 0 spiro atoms. The van der Waals surface area contributed by atoms with Crippen LogP contribution in [0, 0.1) is 5.82 Å². The predicted octanol–water partition coefficient (Wildman–Crippen LogP) is 2.50. The van der Waals surface area contributed by atoms with Crippen molar-refractivity contribution in [2.24, 2.45) is 5.16 Å². The Bertz CT molecular complexity index is 683. The van der Waals surface area contributed by atoms with Crippen molar-refractivity contribution in [3.05, 3.63) is 34.2 Å². The summed E-state index contributed by atoms with van der Waals surface area (Å²) in [6.45, 7) is 1.26. The molecular weight excluding hydrogens is 391 g/mol. The van der Waals surface area contributed by atoms with Crippen molar-refractivity contribution in [2.45, 2.75) is 0 Å². The average Bonchev–Trinajstić information content (AvgIpc) is 3.01. The third-order valence-electron chi connectivity index (χ3n) is 2.66. The minimum absolute atomic E-state index is 0.0186. The number of rotatable bonds is 7. The highest BCUT2D eigenvalue weighted by Crippen LogP contribution is 2.21. The largest absolute Gasteiger partial charge is 0.409 e. The van der Waals surface area contributed by atoms with Gasteiger partial charge in [-0.3, -0.25) is 4.72 Å². The molecule has 2 aromatic rings. The van der Waals surface area contributed by atoms with Gasteiger partial charge in [-0.25, -0.2) is 9.02 Å². The monoisotopic (exact) mass is 404 g/mol. The number of anilines is 2. The molecule has 4 N–H and O–H groups in total. The fourth-order valence-corrected chi connectivity index (χ4v) is 2.32. The average molecular weight is 405 g/mol. The van der Waals surface area contributed by atoms with Crippen molar-refractivity contribution in [3.63, 3.8) is 0 Å². The minimum Gasteiger partial charge on any atom is -0.409 e. The number of benzene rings is 1. The Labute approximate surface area is 144 Å². The van der Waals surface area contributed by atoms with Gasteiger partial charge in [0.15, 0.2) is 5.69 Å². The predicted molar refractivity (Wildman–Crippen MR) is 90.4 cm³/mol. The molecule has 0 fully saturated rings. The first kappa shape index (κ1) is 17.5. The molecule has 1 aromatic heterocycles. The molecule has 2 rings (SSSR count). The van der Waals surface area contributed by atoms with Gasteiger partial charge in [0.1, 0.15) is 5.82 Å². The van der Waals surface area contributed by atoms with Crippen LogP contribution in [-0.4, -0.2) is 40.7 Å². The zero-order chi connectivity index (χ0) is 16.7. The lowest BCUT2D eigenvalue weighted by Gasteiger charge is -2.08. The van der Waals surface area contributed by atoms with Crippen molar-refractivity contribution in [1.29, 1.82) is 0 Å². The molecule has 11 heteroatoms. The van der Waals surface area contributed by atoms with Gasteiger partial charge in [-0.05, 0) is 50.7 Å². The summed E-state index contributed by atoms with van der Waals surface area (Å²) < 4.78 is 21.3. The Hall–Kier alpha value is -1.85. The highest BCUT2D eigenvalue weighted by atomic mass is 79.9. The molecule has 0 unspecified atom stereocenters. The van der Waals surface area contributed by atoms with E-state index in [0.29, 0.717) is 24.6 Å². The number of amidine groups is 1. The van der Waals surface area contributed by atoms with Crippen molar-refractivity contribution < 1.29 is 14.2 Å². The molecule has 8 nitrogen and oxygen atoms in total. The summed E-state index contributed by atoms with van der Waals surface area (Å²) in [4.78, 5) is 0. The molecule has 1 aromatic carbocycles. The molecule has 1 heterocycles. The fourth-order valence-electron chi connectivity index (χ4n) is 1.64. The number of oxime groups is 1. The molecular formula is C12H14BrFN6O2S. The van der Waals surface area contributed by atoms with E-state index in [2.05, 4.69) is 51.4 Å². The summed E-state index contributed by atoms with van der Waals surface area (Å²) in [6, 6.07) is 4.27. The molecule has 0 radical (unpaired) electrons. The first-order valence-electron chi connectivity index (χ1n) is 6.42. The second kappa shape index (κ2) is 8.70. The summed E-state index contributed by atoms with van der Waals surface area (Å²) in [5, 5.41) is 25.6. The Morgan fingerprint density at radius 1 is 1.43 bits per heavy atom. The standard InChI is InChI=1S/C12H14BrFN6O2S/c1-23-16-5-4-15-11-10(19-22-20-11)12(18-21)17-7-2-3-9(14)8(13)6-7/h2-3,6,16,21H,4-5H2,1H3,(H,15,20)(H,17,18). The van der Waals surface area contributed by atoms with E-state index in [0.717, 1.165) is 0 Å². The number of halogens is 2. The summed E-state index contributed by atoms with van der Waals surface area (Å²) in [6.07, 6.45) is 1.92. The Balaban J connectivity index is 2.09. The van der Waals surface area contributed by atoms with E-state index in [1.807, 2.05) is 6.26 Å². The highest BCUT2D eigenvalue weighted by Gasteiger charge is 2.17. The van der Waals surface area contributed by atoms with Gasteiger partial charge in [0.05, 0.1) is 4.47 Å². The SMILES string of the molecule is CSNCCNc1nonc1/C(=N/O)Nc1ccc(F)c(Br)c1. The molecule has 0 bridgehead atoms. The van der Waals surface area contributed by atoms with Crippen LogP contribution in [0.2, 0.25) is 0 Å². The van der Waals surface area contributed by atoms with Crippen LogP contribution in [0.25, 0.3) is 0 Å². The Morgan fingerprint density at radius 2 is 2.26 bits per heavy atom. The van der Waals surface area contributed by atoms with E-state index >= 15 is 0 Å². The van der Waals surface area contributed by atoms with Crippen LogP contribution >= 0.6 is 27.9 Å². The molecule has 0 amide bonds. The molecule has 0 saturated heterocycles. The zero-order valence-electron chi connectivity index (χ0n) is 12.0. The number of nitrogens with one attached hydrogen (secondary N) is 3. The van der Waals surface area contributed by atoms with E-state index in [1.165, 1.54) is 30.1 Å². The first-order chi connectivity index (χ1) is 11.2. The summed E-state index contributed by atoms with van der Waals surface area (Å²) in [5.74, 6) is -0.0516. The normalized spacial score (nSPS) is 11.5. The van der Waals surface area contributed by atoms with E-state index in [-0.39, 0.29) is 16.0 Å². The van der Waals surface area contributed by atoms with Gasteiger partial charge in [-0.2, -0.15) is 0 Å². The number of aromatic nitrogens is 2. The Morgan fingerprint density at radius 3 is 2.96 bits per heavy atom. The van der Waals surface area contributed by atoms with Crippen molar-refractivity contribution >= 4 is 45.2 Å². The van der Waals surface area contributed by atoms with Crippen molar-refractivity contribution in [2.75, 3.05) is 30.0 Å². The van der Waals surface area contributed by atoms with Crippen molar-refractivity contribution in [1.82, 2.24) is 15.0 Å². The second-order valence-corrected chi connectivity index (χ2v) is 5.74. The number of hydrogen-bond acceptors (Lipinski definition) is 8. The molecule has 23 heavy (non-hydrogen) atoms. The summed E-state index contributed by atoms with van der Waals surface area (Å²) in [5.41, 5.74) is 0.709. The lowest BCUT2D eigenvalue weighted by Crippen LogP contribution is -2.20. The third kappa shape index (κ3) is 4.81. The Kier molecular flexibility index (Phi) is 6.62. The maximum atomic E-state index is 13.2. The van der Waals surface area contributed by atoms with Crippen LogP contribution in [0.1, 0.15) is 5.69 Å². The lowest BCUT2D eigenvalue weighted by atomic mass is 10.3. The lowest BCUT2D eigenvalue weighted by molar-refractivity contribution is 0.305. The van der Waals surface area contributed by atoms with Gasteiger partial charge in [0, 0.05) is 18.8 Å². The molecule has 0 aliphatic heterocycles. The van der Waals surface area contributed by atoms with Gasteiger partial charge in [0.2, 0.25) is 11.7 Å². The minimum atomic E-state index is -0.398. The van der Waals surface area contributed by atoms with Crippen LogP contribution in [0.4, 0.5) is 15.9 Å². The number of hydrogen-bond donors (Lipinski definition) is 4. The maximum absolute atomic E-state index is 13.2. The van der Waals surface area contributed by atoms with Gasteiger partial charge in [-0.1, -0.05) is 17.1 Å². The van der Waals surface area contributed by atoms with E-state index in [9.17, 15) is 9.60 Å². The van der Waals surface area contributed by atoms with Gasteiger partial charge >= 0.3 is 0 Å². The summed E-state index contributed by atoms with van der Waals surface area (Å²) in [7, 11) is 0. The first-order valence-corrected chi connectivity index (χ1v) is 8.44. The zero-order valence-corrected chi connectivity index (χ0v) is 14.4. The highest BCUT2D eigenvalue weighted by molar-refractivity contribution is 9.10. The van der Waals surface area contributed by atoms with Crippen LogP contribution in [-0.2, 0) is 0 Å². The van der Waals surface area contributed by atoms with E-state index in [4.69, 9.17) is 0 Å². The van der Waals surface area contributed by atoms with Crippen molar-refractivity contribution in [3.8, 4) is 0 Å². The molecule has 0 aliphatic rings. The second-order valence-electron chi connectivity index (χ2n) is 4.19. The van der Waals surface area contributed by atoms with E-state index in [1.54, 1.807) is 0 Å². The smallest absolute Gasteiger partial charge is 0.203 e. The molecule has 124 valence electrons. The third-order valence-corrected chi connectivity index (χ3v) is 3.76. The summed E-state index contributed by atoms with van der Waals surface area (Å²) >= 11 is 4.58. The van der Waals surface area contributed by atoms with E-state index < -0.39 is 5.82 Å². The molecule has 0 atom stereocenters. The molecule has 0 aliphatic carbocycles. The maximum Gasteiger partial charge on any atom is 0.203 e. The van der Waals surface area contributed by atoms with Gasteiger partial charge in [0.25, 0.3) is 0 Å². The topological polar surface area (TPSA) is 108 Å².